The topological polar surface area (TPSA) is 68.0 Å². The number of nitrogens with one attached hydrogen (secondary N) is 1. The molecule has 0 radical (unpaired) electrons. The summed E-state index contributed by atoms with van der Waals surface area (Å²) in [5.74, 6) is -0.480. The van der Waals surface area contributed by atoms with Crippen LogP contribution < -0.4 is 11.1 Å². The number of hydrogen-bond donors (Lipinski definition) is 2. The van der Waals surface area contributed by atoms with Crippen molar-refractivity contribution in [3.05, 3.63) is 53.5 Å². The summed E-state index contributed by atoms with van der Waals surface area (Å²) in [6, 6.07) is 8.71. The third-order valence-corrected chi connectivity index (χ3v) is 2.46. The third kappa shape index (κ3) is 2.63. The Labute approximate surface area is 104 Å². The lowest BCUT2D eigenvalue weighted by atomic mass is 10.2. The van der Waals surface area contributed by atoms with Crippen LogP contribution in [-0.2, 0) is 0 Å². The summed E-state index contributed by atoms with van der Waals surface area (Å²) < 4.78 is 13.0. The molecular weight excluding hydrogens is 233 g/mol. The average molecular weight is 245 g/mol. The SMILES string of the molecule is Cc1nc(NC(=O)c2cccc(F)c2)ccc1N. The fourth-order valence-corrected chi connectivity index (χ4v) is 1.46. The summed E-state index contributed by atoms with van der Waals surface area (Å²) in [6.07, 6.45) is 0. The van der Waals surface area contributed by atoms with Crippen LogP contribution in [0.4, 0.5) is 15.9 Å². The minimum Gasteiger partial charge on any atom is -0.397 e. The molecule has 0 saturated heterocycles. The van der Waals surface area contributed by atoms with E-state index < -0.39 is 11.7 Å². The summed E-state index contributed by atoms with van der Waals surface area (Å²) in [5, 5.41) is 2.58. The molecule has 1 heterocycles. The van der Waals surface area contributed by atoms with Gasteiger partial charge in [0.2, 0.25) is 0 Å². The van der Waals surface area contributed by atoms with Crippen molar-refractivity contribution in [2.24, 2.45) is 0 Å². The number of aryl methyl sites for hydroxylation is 1. The predicted molar refractivity (Wildman–Crippen MR) is 67.7 cm³/mol. The van der Waals surface area contributed by atoms with Crippen LogP contribution >= 0.6 is 0 Å². The first-order valence-electron chi connectivity index (χ1n) is 5.36. The molecule has 4 nitrogen and oxygen atoms in total. The maximum atomic E-state index is 13.0. The molecule has 0 aliphatic heterocycles. The highest BCUT2D eigenvalue weighted by Crippen LogP contribution is 2.13. The summed E-state index contributed by atoms with van der Waals surface area (Å²) in [5.41, 5.74) is 7.05. The molecule has 2 aromatic rings. The molecule has 0 aliphatic rings. The first kappa shape index (κ1) is 12.0. The zero-order chi connectivity index (χ0) is 13.1. The van der Waals surface area contributed by atoms with E-state index in [0.29, 0.717) is 17.2 Å². The average Bonchev–Trinajstić information content (AvgIpc) is 2.34. The van der Waals surface area contributed by atoms with Crippen molar-refractivity contribution in [3.8, 4) is 0 Å². The van der Waals surface area contributed by atoms with Crippen molar-refractivity contribution >= 4 is 17.4 Å². The van der Waals surface area contributed by atoms with E-state index in [0.717, 1.165) is 0 Å². The number of hydrogen-bond acceptors (Lipinski definition) is 3. The largest absolute Gasteiger partial charge is 0.397 e. The van der Waals surface area contributed by atoms with Gasteiger partial charge in [-0.05, 0) is 37.3 Å². The molecule has 1 amide bonds. The van der Waals surface area contributed by atoms with Crippen molar-refractivity contribution < 1.29 is 9.18 Å². The summed E-state index contributed by atoms with van der Waals surface area (Å²) in [6.45, 7) is 1.74. The Morgan fingerprint density at radius 1 is 1.33 bits per heavy atom. The second kappa shape index (κ2) is 4.83. The van der Waals surface area contributed by atoms with Crippen LogP contribution in [0.3, 0.4) is 0 Å². The van der Waals surface area contributed by atoms with Gasteiger partial charge >= 0.3 is 0 Å². The van der Waals surface area contributed by atoms with E-state index in [1.807, 2.05) is 0 Å². The number of carbonyl (C=O) groups is 1. The van der Waals surface area contributed by atoms with Crippen LogP contribution in [0, 0.1) is 12.7 Å². The standard InChI is InChI=1S/C13H12FN3O/c1-8-11(15)5-6-12(16-8)17-13(18)9-3-2-4-10(14)7-9/h2-7H,15H2,1H3,(H,16,17,18). The van der Waals surface area contributed by atoms with E-state index in [-0.39, 0.29) is 5.56 Å². The molecule has 1 aromatic heterocycles. The van der Waals surface area contributed by atoms with Gasteiger partial charge in [0.25, 0.3) is 5.91 Å². The minimum absolute atomic E-state index is 0.242. The van der Waals surface area contributed by atoms with Crippen LogP contribution in [0.2, 0.25) is 0 Å². The second-order valence-electron chi connectivity index (χ2n) is 3.84. The van der Waals surface area contributed by atoms with Crippen LogP contribution in [0.15, 0.2) is 36.4 Å². The molecule has 0 saturated carbocycles. The predicted octanol–water partition coefficient (Wildman–Crippen LogP) is 2.36. The van der Waals surface area contributed by atoms with Crippen molar-refractivity contribution in [2.45, 2.75) is 6.92 Å². The van der Waals surface area contributed by atoms with Gasteiger partial charge in [0.05, 0.1) is 11.4 Å². The van der Waals surface area contributed by atoms with E-state index in [1.54, 1.807) is 19.1 Å². The van der Waals surface area contributed by atoms with Crippen molar-refractivity contribution in [3.63, 3.8) is 0 Å². The minimum atomic E-state index is -0.455. The zero-order valence-corrected chi connectivity index (χ0v) is 9.77. The number of carbonyl (C=O) groups excluding carboxylic acids is 1. The van der Waals surface area contributed by atoms with E-state index in [2.05, 4.69) is 10.3 Å². The van der Waals surface area contributed by atoms with Gasteiger partial charge in [0.15, 0.2) is 0 Å². The van der Waals surface area contributed by atoms with Crippen LogP contribution in [0.25, 0.3) is 0 Å². The lowest BCUT2D eigenvalue weighted by molar-refractivity contribution is 0.102. The lowest BCUT2D eigenvalue weighted by Crippen LogP contribution is -2.13. The molecule has 5 heteroatoms. The molecule has 92 valence electrons. The Kier molecular flexibility index (Phi) is 3.23. The fourth-order valence-electron chi connectivity index (χ4n) is 1.46. The number of nitrogens with two attached hydrogens (primary N) is 1. The molecular formula is C13H12FN3O. The Morgan fingerprint density at radius 3 is 2.78 bits per heavy atom. The quantitative estimate of drug-likeness (QED) is 0.853. The van der Waals surface area contributed by atoms with Crippen LogP contribution in [-0.4, -0.2) is 10.9 Å². The second-order valence-corrected chi connectivity index (χ2v) is 3.84. The number of nitrogen functional groups attached to an aromatic ring is 1. The van der Waals surface area contributed by atoms with E-state index in [4.69, 9.17) is 5.73 Å². The van der Waals surface area contributed by atoms with Gasteiger partial charge in [-0.1, -0.05) is 6.07 Å². The monoisotopic (exact) mass is 245 g/mol. The van der Waals surface area contributed by atoms with E-state index >= 15 is 0 Å². The molecule has 0 bridgehead atoms. The van der Waals surface area contributed by atoms with Gasteiger partial charge in [0.1, 0.15) is 11.6 Å². The third-order valence-electron chi connectivity index (χ3n) is 2.46. The number of pyridine rings is 1. The van der Waals surface area contributed by atoms with Crippen molar-refractivity contribution in [1.82, 2.24) is 4.98 Å². The Morgan fingerprint density at radius 2 is 2.11 bits per heavy atom. The highest BCUT2D eigenvalue weighted by atomic mass is 19.1. The van der Waals surface area contributed by atoms with Crippen LogP contribution in [0.5, 0.6) is 0 Å². The van der Waals surface area contributed by atoms with Gasteiger partial charge < -0.3 is 11.1 Å². The van der Waals surface area contributed by atoms with Gasteiger partial charge in [-0.2, -0.15) is 0 Å². The zero-order valence-electron chi connectivity index (χ0n) is 9.77. The molecule has 0 fully saturated rings. The fraction of sp³-hybridized carbons (Fsp3) is 0.0769. The highest BCUT2D eigenvalue weighted by Gasteiger charge is 2.08. The molecule has 2 rings (SSSR count). The van der Waals surface area contributed by atoms with Gasteiger partial charge in [-0.15, -0.1) is 0 Å². The number of benzene rings is 1. The maximum absolute atomic E-state index is 13.0. The smallest absolute Gasteiger partial charge is 0.256 e. The molecule has 1 aromatic carbocycles. The van der Waals surface area contributed by atoms with Gasteiger partial charge in [0, 0.05) is 5.56 Å². The molecule has 3 N–H and O–H groups in total. The Hall–Kier alpha value is -2.43. The molecule has 0 spiro atoms. The van der Waals surface area contributed by atoms with Crippen molar-refractivity contribution in [2.75, 3.05) is 11.1 Å². The number of aromatic nitrogens is 1. The number of rotatable bonds is 2. The molecule has 18 heavy (non-hydrogen) atoms. The summed E-state index contributed by atoms with van der Waals surface area (Å²) in [4.78, 5) is 15.9. The van der Waals surface area contributed by atoms with E-state index in [1.165, 1.54) is 24.3 Å². The first-order valence-corrected chi connectivity index (χ1v) is 5.36. The summed E-state index contributed by atoms with van der Waals surface area (Å²) >= 11 is 0. The Balaban J connectivity index is 2.18. The number of amides is 1. The van der Waals surface area contributed by atoms with Crippen LogP contribution in [0.1, 0.15) is 16.1 Å². The first-order chi connectivity index (χ1) is 8.56. The number of anilines is 2. The van der Waals surface area contributed by atoms with Crippen molar-refractivity contribution in [1.29, 1.82) is 0 Å². The van der Waals surface area contributed by atoms with Gasteiger partial charge in [-0.3, -0.25) is 4.79 Å². The van der Waals surface area contributed by atoms with Gasteiger partial charge in [-0.25, -0.2) is 9.37 Å². The Bertz CT molecular complexity index is 599. The summed E-state index contributed by atoms with van der Waals surface area (Å²) in [7, 11) is 0. The maximum Gasteiger partial charge on any atom is 0.256 e. The van der Waals surface area contributed by atoms with E-state index in [9.17, 15) is 9.18 Å². The lowest BCUT2D eigenvalue weighted by Gasteiger charge is -2.06. The highest BCUT2D eigenvalue weighted by molar-refractivity contribution is 6.03. The molecule has 0 aliphatic carbocycles. The number of nitrogens with zero attached hydrogens (tertiary/aromatic N) is 1. The molecule has 0 unspecified atom stereocenters. The molecule has 0 atom stereocenters. The number of halogens is 1. The normalized spacial score (nSPS) is 10.1.